The summed E-state index contributed by atoms with van der Waals surface area (Å²) < 4.78 is 0. The van der Waals surface area contributed by atoms with E-state index in [1.54, 1.807) is 0 Å². The maximum absolute atomic E-state index is 13.5. The topological polar surface area (TPSA) is 225 Å². The minimum Gasteiger partial charge on any atom is -0.358 e. The van der Waals surface area contributed by atoms with Crippen LogP contribution in [0.2, 0.25) is 0 Å². The summed E-state index contributed by atoms with van der Waals surface area (Å²) >= 11 is 0. The highest BCUT2D eigenvalue weighted by Crippen LogP contribution is 2.35. The van der Waals surface area contributed by atoms with Crippen LogP contribution in [0.4, 0.5) is 0 Å². The second kappa shape index (κ2) is 29.4. The molecule has 70 heavy (non-hydrogen) atoms. The molecule has 5 rings (SSSR count). The first-order valence-corrected chi connectivity index (χ1v) is 26.4. The first kappa shape index (κ1) is 56.0. The molecule has 3 aliphatic heterocycles. The van der Waals surface area contributed by atoms with Crippen LogP contribution in [0.15, 0.2) is 57.2 Å². The molecule has 0 fully saturated rings. The van der Waals surface area contributed by atoms with E-state index in [-0.39, 0.29) is 17.9 Å². The van der Waals surface area contributed by atoms with Crippen LogP contribution >= 0.6 is 0 Å². The molecular weight excluding hydrogens is 873 g/mol. The summed E-state index contributed by atoms with van der Waals surface area (Å²) in [5.74, 6) is 0.0650. The van der Waals surface area contributed by atoms with E-state index in [4.69, 9.17) is 32.9 Å². The van der Waals surface area contributed by atoms with Gasteiger partial charge in [0.1, 0.15) is 0 Å². The van der Waals surface area contributed by atoms with Crippen LogP contribution in [0.5, 0.6) is 0 Å². The minimum atomic E-state index is -0.146. The van der Waals surface area contributed by atoms with E-state index in [1.807, 2.05) is 12.2 Å². The Morgan fingerprint density at radius 2 is 1.17 bits per heavy atom. The van der Waals surface area contributed by atoms with E-state index in [2.05, 4.69) is 89.5 Å². The third-order valence-electron chi connectivity index (χ3n) is 14.3. The Morgan fingerprint density at radius 1 is 0.643 bits per heavy atom. The molecule has 2 aromatic heterocycles. The number of hydrogen-bond donors (Lipinski definition) is 8. The number of fused-ring (bicyclic) bond motifs is 6. The quantitative estimate of drug-likeness (QED) is 0.0446. The van der Waals surface area contributed by atoms with Gasteiger partial charge in [0.05, 0.1) is 23.2 Å². The summed E-state index contributed by atoms with van der Waals surface area (Å²) in [6.45, 7) is 27.0. The number of rotatable bonds is 32. The lowest BCUT2D eigenvalue weighted by molar-refractivity contribution is -0.121. The number of allylic oxidation sites excluding steroid dienone is 4. The summed E-state index contributed by atoms with van der Waals surface area (Å²) in [5, 5.41) is 8.30. The molecule has 0 spiro atoms. The lowest BCUT2D eigenvalue weighted by Crippen LogP contribution is -2.30. The normalized spacial score (nSPS) is 16.3. The summed E-state index contributed by atoms with van der Waals surface area (Å²) in [4.78, 5) is 50.0. The van der Waals surface area contributed by atoms with E-state index in [9.17, 15) is 9.59 Å². The van der Waals surface area contributed by atoms with Crippen LogP contribution < -0.4 is 44.3 Å². The van der Waals surface area contributed by atoms with E-state index in [0.717, 1.165) is 187 Å². The average Bonchev–Trinajstić information content (AvgIpc) is 4.02. The number of aromatic nitrogens is 2. The number of H-pyrrole nitrogens is 2. The van der Waals surface area contributed by atoms with Gasteiger partial charge < -0.3 is 53.3 Å². The number of nitrogens with one attached hydrogen (secondary N) is 4. The fraction of sp³-hybridized carbons (Fsp3) is 0.571. The van der Waals surface area contributed by atoms with Gasteiger partial charge in [0.25, 0.3) is 0 Å². The van der Waals surface area contributed by atoms with Crippen molar-refractivity contribution in [3.8, 4) is 0 Å². The van der Waals surface area contributed by atoms with Gasteiger partial charge in [-0.2, -0.15) is 0 Å². The number of amides is 2. The Hall–Kier alpha value is -4.96. The molecule has 2 amide bonds. The zero-order valence-corrected chi connectivity index (χ0v) is 43.4. The lowest BCUT2D eigenvalue weighted by Gasteiger charge is -2.22. The molecule has 14 nitrogen and oxygen atoms in total. The molecule has 14 heteroatoms. The molecule has 0 radical (unpaired) electrons. The summed E-state index contributed by atoms with van der Waals surface area (Å²) in [6, 6.07) is -0.146. The second-order valence-corrected chi connectivity index (χ2v) is 19.3. The Labute approximate surface area is 419 Å². The van der Waals surface area contributed by atoms with Crippen LogP contribution in [0.3, 0.4) is 0 Å². The molecule has 1 atom stereocenters. The highest BCUT2D eigenvalue weighted by Gasteiger charge is 2.29. The fourth-order valence-electron chi connectivity index (χ4n) is 9.94. The molecule has 384 valence electrons. The summed E-state index contributed by atoms with van der Waals surface area (Å²) in [7, 11) is 0. The molecule has 12 N–H and O–H groups in total. The van der Waals surface area contributed by atoms with Gasteiger partial charge in [0.2, 0.25) is 11.8 Å². The number of unbranched alkanes of at least 4 members (excludes halogenated alkanes) is 4. The number of carbonyl (C=O) groups excluding carboxylic acids is 2. The van der Waals surface area contributed by atoms with Crippen molar-refractivity contribution in [1.29, 1.82) is 0 Å². The number of carbonyl (C=O) groups is 2. The van der Waals surface area contributed by atoms with Gasteiger partial charge in [-0.3, -0.25) is 14.6 Å². The Morgan fingerprint density at radius 3 is 1.71 bits per heavy atom. The Balaban J connectivity index is 1.36. The highest BCUT2D eigenvalue weighted by atomic mass is 16.2. The van der Waals surface area contributed by atoms with Crippen molar-refractivity contribution in [3.05, 3.63) is 91.6 Å². The average molecular weight is 961 g/mol. The molecule has 0 saturated carbocycles. The summed E-state index contributed by atoms with van der Waals surface area (Å²) in [5.41, 5.74) is 36.2. The largest absolute Gasteiger partial charge is 0.358 e. The standard InChI is InChI=1S/C56H88N12O2/c1-7-43-39(3)47-35-48-41(5)45(19-21-55(69)61-27-11-15-31-67(33-17-25-59)29-13-9-23-57)53(65-48)38-54-46(20-22-56(70)62-28-12-16-32-68(34-18-26-60)30-14-10-24-58)42(6)50(66-54)37-52-44(8-2)40(4)49(64-52)36-51(43)63-47/h7-8,35-36,38,50,63-64H,1-2,9-34,37,57-60H2,3-6H3,(H,61,69)(H,62,70)/b47-35?,51-36?,53-38-. The molecule has 2 aromatic rings. The highest BCUT2D eigenvalue weighted by molar-refractivity contribution is 6.24. The zero-order valence-electron chi connectivity index (χ0n) is 43.4. The van der Waals surface area contributed by atoms with Gasteiger partial charge in [-0.05, 0) is 227 Å². The van der Waals surface area contributed by atoms with Crippen molar-refractivity contribution >= 4 is 47.5 Å². The number of aliphatic imine (C=N–C) groups is 2. The molecule has 0 aromatic carbocycles. The summed E-state index contributed by atoms with van der Waals surface area (Å²) in [6.07, 6.45) is 22.7. The first-order valence-electron chi connectivity index (χ1n) is 26.4. The monoisotopic (exact) mass is 961 g/mol. The maximum Gasteiger partial charge on any atom is 0.220 e. The van der Waals surface area contributed by atoms with Crippen LogP contribution in [-0.2, 0) is 16.0 Å². The molecule has 0 aliphatic carbocycles. The second-order valence-electron chi connectivity index (χ2n) is 19.3. The molecule has 1 unspecified atom stereocenters. The molecule has 3 aliphatic rings. The SMILES string of the molecule is C=Cc1c2[nH]c(c1C)C=c1[nH]c(c(C)c1C=C)=CC1=N/C(=C\C3=NC(C2)C(C)=C3CCC(=O)NCCCCN(CCCN)CCCCN)C(CCC(=O)NCCCCN(CCCN)CCCCN)=C1C. The van der Waals surface area contributed by atoms with E-state index in [1.165, 1.54) is 0 Å². The maximum atomic E-state index is 13.5. The molecule has 8 bridgehead atoms. The lowest BCUT2D eigenvalue weighted by atomic mass is 9.94. The van der Waals surface area contributed by atoms with Crippen molar-refractivity contribution in [2.75, 3.05) is 78.5 Å². The predicted molar refractivity (Wildman–Crippen MR) is 294 cm³/mol. The van der Waals surface area contributed by atoms with Crippen molar-refractivity contribution in [2.45, 2.75) is 130 Å². The number of aromatic amines is 2. The van der Waals surface area contributed by atoms with Crippen LogP contribution in [-0.4, -0.2) is 128 Å². The van der Waals surface area contributed by atoms with E-state index in [0.29, 0.717) is 71.4 Å². The fourth-order valence-corrected chi connectivity index (χ4v) is 9.94. The number of nitrogens with zero attached hydrogens (tertiary/aromatic N) is 4. The van der Waals surface area contributed by atoms with Gasteiger partial charge in [-0.1, -0.05) is 25.3 Å². The third kappa shape index (κ3) is 16.0. The number of nitrogens with two attached hydrogens (primary N) is 4. The van der Waals surface area contributed by atoms with E-state index >= 15 is 0 Å². The van der Waals surface area contributed by atoms with Crippen molar-refractivity contribution < 1.29 is 9.59 Å². The first-order chi connectivity index (χ1) is 34.0. The van der Waals surface area contributed by atoms with Gasteiger partial charge in [-0.15, -0.1) is 0 Å². The molecule has 5 heterocycles. The van der Waals surface area contributed by atoms with Crippen molar-refractivity contribution in [3.63, 3.8) is 0 Å². The van der Waals surface area contributed by atoms with Gasteiger partial charge in [0, 0.05) is 60.0 Å². The van der Waals surface area contributed by atoms with Crippen molar-refractivity contribution in [1.82, 2.24) is 30.4 Å². The van der Waals surface area contributed by atoms with Gasteiger partial charge >= 0.3 is 0 Å². The smallest absolute Gasteiger partial charge is 0.220 e. The minimum absolute atomic E-state index is 0.0278. The van der Waals surface area contributed by atoms with Crippen LogP contribution in [0.25, 0.3) is 24.3 Å². The zero-order chi connectivity index (χ0) is 50.4. The van der Waals surface area contributed by atoms with Gasteiger partial charge in [-0.25, -0.2) is 4.99 Å². The molecule has 0 saturated heterocycles. The van der Waals surface area contributed by atoms with Gasteiger partial charge in [0.15, 0.2) is 0 Å². The van der Waals surface area contributed by atoms with Crippen molar-refractivity contribution in [2.24, 2.45) is 32.9 Å². The Kier molecular flexibility index (Phi) is 23.5. The number of hydrogen-bond acceptors (Lipinski definition) is 10. The Bertz CT molecular complexity index is 2380. The van der Waals surface area contributed by atoms with Crippen LogP contribution in [0, 0.1) is 13.8 Å². The molecular formula is C56H88N12O2. The third-order valence-corrected chi connectivity index (χ3v) is 14.3. The van der Waals surface area contributed by atoms with Crippen LogP contribution in [0.1, 0.15) is 137 Å². The van der Waals surface area contributed by atoms with E-state index < -0.39 is 0 Å². The predicted octanol–water partition coefficient (Wildman–Crippen LogP) is 5.34.